The van der Waals surface area contributed by atoms with E-state index >= 15 is 0 Å². The van der Waals surface area contributed by atoms with Gasteiger partial charge in [-0.05, 0) is 45.4 Å². The zero-order chi connectivity index (χ0) is 14.3. The average Bonchev–Trinajstić information content (AvgIpc) is 2.57. The molecule has 0 fully saturated rings. The van der Waals surface area contributed by atoms with Crippen molar-refractivity contribution in [3.05, 3.63) is 93.6 Å². The van der Waals surface area contributed by atoms with E-state index in [1.165, 1.54) is 27.8 Å². The first kappa shape index (κ1) is 11.3. The molecular formula is C22H16. The van der Waals surface area contributed by atoms with E-state index in [9.17, 15) is 0 Å². The summed E-state index contributed by atoms with van der Waals surface area (Å²) in [5.74, 6) is 1.64. The molecule has 0 N–H and O–H groups in total. The minimum absolute atomic E-state index is 0.534. The molecular weight excluding hydrogens is 264 g/mol. The van der Waals surface area contributed by atoms with Gasteiger partial charge in [0.2, 0.25) is 0 Å². The van der Waals surface area contributed by atoms with E-state index in [-0.39, 0.29) is 0 Å². The van der Waals surface area contributed by atoms with E-state index in [0.717, 1.165) is 6.42 Å². The molecule has 0 amide bonds. The van der Waals surface area contributed by atoms with Gasteiger partial charge < -0.3 is 0 Å². The molecule has 0 nitrogen and oxygen atoms in total. The van der Waals surface area contributed by atoms with Crippen LogP contribution >= 0.6 is 0 Å². The maximum Gasteiger partial charge on any atom is 0.0205 e. The van der Waals surface area contributed by atoms with Crippen molar-refractivity contribution in [3.63, 3.8) is 0 Å². The first-order valence-corrected chi connectivity index (χ1v) is 8.23. The quantitative estimate of drug-likeness (QED) is 0.605. The van der Waals surface area contributed by atoms with Gasteiger partial charge in [-0.25, -0.2) is 0 Å². The fourth-order valence-electron chi connectivity index (χ4n) is 5.06. The van der Waals surface area contributed by atoms with Crippen molar-refractivity contribution < 1.29 is 0 Å². The number of allylic oxidation sites excluding steroid dienone is 10. The van der Waals surface area contributed by atoms with E-state index in [4.69, 9.17) is 0 Å². The third kappa shape index (κ3) is 1.21. The van der Waals surface area contributed by atoms with Crippen LogP contribution in [0.15, 0.2) is 71.4 Å². The van der Waals surface area contributed by atoms with E-state index in [1.54, 1.807) is 11.1 Å². The molecule has 0 aromatic heterocycles. The van der Waals surface area contributed by atoms with Crippen molar-refractivity contribution in [1.29, 1.82) is 0 Å². The van der Waals surface area contributed by atoms with Crippen molar-refractivity contribution in [1.82, 2.24) is 0 Å². The van der Waals surface area contributed by atoms with Crippen LogP contribution in [0, 0.1) is 5.92 Å². The van der Waals surface area contributed by atoms with Gasteiger partial charge in [0.15, 0.2) is 0 Å². The molecule has 0 radical (unpaired) electrons. The van der Waals surface area contributed by atoms with Crippen LogP contribution in [-0.2, 0) is 0 Å². The van der Waals surface area contributed by atoms with Gasteiger partial charge in [-0.3, -0.25) is 0 Å². The summed E-state index contributed by atoms with van der Waals surface area (Å²) in [4.78, 5) is 0. The Morgan fingerprint density at radius 2 is 1.68 bits per heavy atom. The Kier molecular flexibility index (Phi) is 1.89. The summed E-state index contributed by atoms with van der Waals surface area (Å²) >= 11 is 0. The molecule has 0 saturated heterocycles. The van der Waals surface area contributed by atoms with E-state index in [1.807, 2.05) is 0 Å². The van der Waals surface area contributed by atoms with E-state index < -0.39 is 0 Å². The Morgan fingerprint density at radius 3 is 2.68 bits per heavy atom. The normalized spacial score (nSPS) is 31.3. The molecule has 6 rings (SSSR count). The highest BCUT2D eigenvalue weighted by Gasteiger charge is 2.42. The maximum atomic E-state index is 2.54. The zero-order valence-electron chi connectivity index (χ0n) is 12.3. The van der Waals surface area contributed by atoms with Gasteiger partial charge in [0.1, 0.15) is 0 Å². The minimum atomic E-state index is 0.534. The van der Waals surface area contributed by atoms with Crippen LogP contribution in [0.4, 0.5) is 0 Å². The van der Waals surface area contributed by atoms with Crippen molar-refractivity contribution in [2.24, 2.45) is 5.92 Å². The lowest BCUT2D eigenvalue weighted by atomic mass is 9.59. The van der Waals surface area contributed by atoms with Gasteiger partial charge in [0, 0.05) is 17.8 Å². The van der Waals surface area contributed by atoms with Crippen molar-refractivity contribution in [2.45, 2.75) is 18.3 Å². The van der Waals surface area contributed by atoms with Gasteiger partial charge in [-0.15, -0.1) is 0 Å². The lowest BCUT2D eigenvalue weighted by molar-refractivity contribution is 0.587. The van der Waals surface area contributed by atoms with Crippen LogP contribution in [-0.4, -0.2) is 0 Å². The van der Waals surface area contributed by atoms with Gasteiger partial charge >= 0.3 is 0 Å². The Balaban J connectivity index is 1.77. The van der Waals surface area contributed by atoms with Gasteiger partial charge in [-0.2, -0.15) is 0 Å². The lowest BCUT2D eigenvalue weighted by Crippen LogP contribution is -2.30. The summed E-state index contributed by atoms with van der Waals surface area (Å²) in [6, 6.07) is 4.65. The van der Waals surface area contributed by atoms with Crippen molar-refractivity contribution in [2.75, 3.05) is 0 Å². The molecule has 5 aliphatic rings. The monoisotopic (exact) mass is 280 g/mol. The third-order valence-corrected chi connectivity index (χ3v) is 5.90. The molecule has 22 heavy (non-hydrogen) atoms. The molecule has 0 aliphatic heterocycles. The molecule has 1 aromatic carbocycles. The van der Waals surface area contributed by atoms with Crippen LogP contribution < -0.4 is 0 Å². The minimum Gasteiger partial charge on any atom is -0.0830 e. The standard InChI is InChI=1S/C22H16/c1-3-13-7-9-18-12-16-6-2-4-14-8-10-17-11-15(5-1)19(13)21(18)22(17)20(14)16/h1-5,7-12,16,19,21H,6H2. The van der Waals surface area contributed by atoms with Crippen LogP contribution in [0.5, 0.6) is 0 Å². The topological polar surface area (TPSA) is 0 Å². The van der Waals surface area contributed by atoms with Gasteiger partial charge in [-0.1, -0.05) is 66.8 Å². The molecule has 0 heteroatoms. The van der Waals surface area contributed by atoms with Crippen molar-refractivity contribution in [3.8, 4) is 0 Å². The Hall–Kier alpha value is -2.34. The second-order valence-electron chi connectivity index (χ2n) is 6.94. The highest BCUT2D eigenvalue weighted by atomic mass is 14.4. The van der Waals surface area contributed by atoms with Gasteiger partial charge in [0.05, 0.1) is 0 Å². The molecule has 5 aliphatic carbocycles. The molecule has 104 valence electrons. The first-order valence-electron chi connectivity index (χ1n) is 8.23. The fourth-order valence-corrected chi connectivity index (χ4v) is 5.06. The Bertz CT molecular complexity index is 912. The molecule has 0 bridgehead atoms. The van der Waals surface area contributed by atoms with Crippen LogP contribution in [0.3, 0.4) is 0 Å². The maximum absolute atomic E-state index is 2.54. The van der Waals surface area contributed by atoms with E-state index in [0.29, 0.717) is 17.8 Å². The highest BCUT2D eigenvalue weighted by Crippen LogP contribution is 2.56. The van der Waals surface area contributed by atoms with Crippen LogP contribution in [0.25, 0.3) is 12.2 Å². The predicted octanol–water partition coefficient (Wildman–Crippen LogP) is 5.29. The second-order valence-corrected chi connectivity index (χ2v) is 6.94. The fraction of sp³-hybridized carbons (Fsp3) is 0.182. The predicted molar refractivity (Wildman–Crippen MR) is 91.5 cm³/mol. The molecule has 0 heterocycles. The SMILES string of the molecule is C1=CC2=Cc3ccc4c5c3C3C(=CC5CC=C4)C=CC(=C1)C23. The zero-order valence-corrected chi connectivity index (χ0v) is 12.3. The number of benzene rings is 1. The smallest absolute Gasteiger partial charge is 0.0205 e. The summed E-state index contributed by atoms with van der Waals surface area (Å²) in [7, 11) is 0. The number of hydrogen-bond donors (Lipinski definition) is 0. The molecule has 0 spiro atoms. The van der Waals surface area contributed by atoms with E-state index in [2.05, 4.69) is 66.8 Å². The third-order valence-electron chi connectivity index (χ3n) is 5.90. The Labute approximate surface area is 130 Å². The summed E-state index contributed by atoms with van der Waals surface area (Å²) in [5, 5.41) is 0. The summed E-state index contributed by atoms with van der Waals surface area (Å²) < 4.78 is 0. The van der Waals surface area contributed by atoms with Crippen LogP contribution in [0.2, 0.25) is 0 Å². The average molecular weight is 280 g/mol. The van der Waals surface area contributed by atoms with Crippen LogP contribution in [0.1, 0.15) is 40.5 Å². The first-order chi connectivity index (χ1) is 10.9. The molecule has 3 atom stereocenters. The largest absolute Gasteiger partial charge is 0.0830 e. The summed E-state index contributed by atoms with van der Waals surface area (Å²) in [5.41, 5.74) is 10.6. The Morgan fingerprint density at radius 1 is 0.773 bits per heavy atom. The summed E-state index contributed by atoms with van der Waals surface area (Å²) in [6.45, 7) is 0. The molecule has 1 aromatic rings. The number of rotatable bonds is 0. The number of hydrogen-bond acceptors (Lipinski definition) is 0. The lowest BCUT2D eigenvalue weighted by Gasteiger charge is -2.44. The molecule has 0 saturated carbocycles. The highest BCUT2D eigenvalue weighted by molar-refractivity contribution is 5.77. The molecule has 3 unspecified atom stereocenters. The second kappa shape index (κ2) is 3.70. The summed E-state index contributed by atoms with van der Waals surface area (Å²) in [6.07, 6.45) is 22.3. The van der Waals surface area contributed by atoms with Crippen molar-refractivity contribution >= 4 is 12.2 Å². The van der Waals surface area contributed by atoms with Gasteiger partial charge in [0.25, 0.3) is 0 Å².